The normalized spacial score (nSPS) is 16.8. The molecule has 0 radical (unpaired) electrons. The van der Waals surface area contributed by atoms with Gasteiger partial charge in [-0.1, -0.05) is 11.6 Å². The lowest BCUT2D eigenvalue weighted by Gasteiger charge is -2.36. The molecular formula is C20H20F3N7O2. The third kappa shape index (κ3) is 4.69. The molecule has 1 fully saturated rings. The molecule has 4 rings (SSSR count). The minimum Gasteiger partial charge on any atom is -0.364 e. The van der Waals surface area contributed by atoms with Gasteiger partial charge in [0.1, 0.15) is 12.0 Å². The summed E-state index contributed by atoms with van der Waals surface area (Å²) in [5.41, 5.74) is 0.785. The van der Waals surface area contributed by atoms with E-state index in [1.165, 1.54) is 17.2 Å². The SMILES string of the molecule is Cc1ccc(-n2nccn2)c(C(=O)N2CCCOC2CNc2cnc(C(F)(F)F)cn2)c1. The number of rotatable bonds is 5. The number of aryl methyl sites for hydroxylation is 1. The highest BCUT2D eigenvalue weighted by molar-refractivity contribution is 5.98. The summed E-state index contributed by atoms with van der Waals surface area (Å²) >= 11 is 0. The van der Waals surface area contributed by atoms with Crippen molar-refractivity contribution in [2.75, 3.05) is 25.0 Å². The minimum absolute atomic E-state index is 0.132. The minimum atomic E-state index is -4.56. The number of benzene rings is 1. The molecule has 0 saturated carbocycles. The smallest absolute Gasteiger partial charge is 0.364 e. The molecule has 1 amide bonds. The summed E-state index contributed by atoms with van der Waals surface area (Å²) in [7, 11) is 0. The largest absolute Gasteiger partial charge is 0.434 e. The van der Waals surface area contributed by atoms with Gasteiger partial charge in [0.2, 0.25) is 0 Å². The topological polar surface area (TPSA) is 98.1 Å². The number of halogens is 3. The van der Waals surface area contributed by atoms with Crippen molar-refractivity contribution in [2.45, 2.75) is 25.7 Å². The fourth-order valence-corrected chi connectivity index (χ4v) is 3.34. The van der Waals surface area contributed by atoms with Crippen molar-refractivity contribution in [3.05, 3.63) is 59.8 Å². The number of aromatic nitrogens is 5. The Balaban J connectivity index is 1.52. The first-order valence-corrected chi connectivity index (χ1v) is 9.86. The summed E-state index contributed by atoms with van der Waals surface area (Å²) in [5, 5.41) is 11.1. The summed E-state index contributed by atoms with van der Waals surface area (Å²) in [6.07, 6.45) is 0.161. The molecule has 168 valence electrons. The summed E-state index contributed by atoms with van der Waals surface area (Å²) in [6, 6.07) is 5.41. The predicted molar refractivity (Wildman–Crippen MR) is 107 cm³/mol. The van der Waals surface area contributed by atoms with Crippen LogP contribution in [0.2, 0.25) is 0 Å². The van der Waals surface area contributed by atoms with E-state index in [0.29, 0.717) is 37.0 Å². The standard InChI is InChI=1S/C20H20F3N7O2/c1-13-3-4-15(30-27-5-6-28-30)14(9-13)19(31)29-7-2-8-32-18(29)12-26-17-11-24-16(10-25-17)20(21,22)23/h3-6,9-11,18H,2,7-8,12H2,1H3,(H,25,26). The lowest BCUT2D eigenvalue weighted by Crippen LogP contribution is -2.50. The number of hydrogen-bond acceptors (Lipinski definition) is 7. The van der Waals surface area contributed by atoms with E-state index < -0.39 is 18.1 Å². The highest BCUT2D eigenvalue weighted by Gasteiger charge is 2.33. The Morgan fingerprint density at radius 3 is 2.69 bits per heavy atom. The average molecular weight is 447 g/mol. The van der Waals surface area contributed by atoms with Crippen LogP contribution >= 0.6 is 0 Å². The van der Waals surface area contributed by atoms with E-state index >= 15 is 0 Å². The van der Waals surface area contributed by atoms with Crippen molar-refractivity contribution in [1.29, 1.82) is 0 Å². The van der Waals surface area contributed by atoms with Gasteiger partial charge in [0.25, 0.3) is 5.91 Å². The molecule has 9 nitrogen and oxygen atoms in total. The molecule has 3 aromatic rings. The predicted octanol–water partition coefficient (Wildman–Crippen LogP) is 2.69. The van der Waals surface area contributed by atoms with E-state index in [4.69, 9.17) is 4.74 Å². The monoisotopic (exact) mass is 447 g/mol. The van der Waals surface area contributed by atoms with Gasteiger partial charge in [0, 0.05) is 6.54 Å². The molecule has 1 N–H and O–H groups in total. The molecule has 1 atom stereocenters. The number of anilines is 1. The molecule has 0 aliphatic carbocycles. The van der Waals surface area contributed by atoms with Gasteiger partial charge < -0.3 is 15.0 Å². The van der Waals surface area contributed by atoms with Gasteiger partial charge in [0.15, 0.2) is 5.69 Å². The maximum absolute atomic E-state index is 13.4. The van der Waals surface area contributed by atoms with Gasteiger partial charge >= 0.3 is 6.18 Å². The first kappa shape index (κ1) is 21.7. The Labute approximate surface area is 181 Å². The van der Waals surface area contributed by atoms with E-state index in [9.17, 15) is 18.0 Å². The first-order valence-electron chi connectivity index (χ1n) is 9.86. The second-order valence-corrected chi connectivity index (χ2v) is 7.18. The molecule has 1 aliphatic heterocycles. The Bertz CT molecular complexity index is 1070. The summed E-state index contributed by atoms with van der Waals surface area (Å²) in [4.78, 5) is 23.5. The Kier molecular flexibility index (Phi) is 6.04. The first-order chi connectivity index (χ1) is 15.3. The quantitative estimate of drug-likeness (QED) is 0.642. The van der Waals surface area contributed by atoms with Gasteiger partial charge in [-0.3, -0.25) is 4.79 Å². The zero-order valence-corrected chi connectivity index (χ0v) is 17.1. The van der Waals surface area contributed by atoms with E-state index in [1.54, 1.807) is 17.0 Å². The zero-order valence-electron chi connectivity index (χ0n) is 17.1. The van der Waals surface area contributed by atoms with Gasteiger partial charge in [-0.25, -0.2) is 9.97 Å². The van der Waals surface area contributed by atoms with Crippen LogP contribution < -0.4 is 5.32 Å². The van der Waals surface area contributed by atoms with E-state index in [-0.39, 0.29) is 18.3 Å². The van der Waals surface area contributed by atoms with Crippen LogP contribution in [0.25, 0.3) is 5.69 Å². The van der Waals surface area contributed by atoms with Crippen molar-refractivity contribution in [2.24, 2.45) is 0 Å². The van der Waals surface area contributed by atoms with Crippen LogP contribution in [0.1, 0.15) is 28.0 Å². The number of alkyl halides is 3. The second kappa shape index (κ2) is 8.91. The highest BCUT2D eigenvalue weighted by atomic mass is 19.4. The molecule has 3 heterocycles. The number of nitrogens with one attached hydrogen (secondary N) is 1. The molecule has 0 spiro atoms. The molecular weight excluding hydrogens is 427 g/mol. The molecule has 1 saturated heterocycles. The van der Waals surface area contributed by atoms with Crippen LogP contribution in [-0.2, 0) is 10.9 Å². The molecule has 32 heavy (non-hydrogen) atoms. The lowest BCUT2D eigenvalue weighted by atomic mass is 10.1. The van der Waals surface area contributed by atoms with Crippen LogP contribution in [0.3, 0.4) is 0 Å². The van der Waals surface area contributed by atoms with Crippen LogP contribution in [0, 0.1) is 6.92 Å². The number of carbonyl (C=O) groups excluding carboxylic acids is 1. The Morgan fingerprint density at radius 1 is 1.22 bits per heavy atom. The van der Waals surface area contributed by atoms with Gasteiger partial charge in [-0.2, -0.15) is 28.2 Å². The van der Waals surface area contributed by atoms with Crippen LogP contribution in [0.5, 0.6) is 0 Å². The van der Waals surface area contributed by atoms with Gasteiger partial charge in [-0.05, 0) is 25.5 Å². The van der Waals surface area contributed by atoms with Crippen molar-refractivity contribution in [3.63, 3.8) is 0 Å². The fourth-order valence-electron chi connectivity index (χ4n) is 3.34. The molecule has 0 bridgehead atoms. The van der Waals surface area contributed by atoms with Crippen molar-refractivity contribution < 1.29 is 22.7 Å². The van der Waals surface area contributed by atoms with Crippen LogP contribution in [-0.4, -0.2) is 61.7 Å². The number of hydrogen-bond donors (Lipinski definition) is 1. The maximum atomic E-state index is 13.4. The van der Waals surface area contributed by atoms with Crippen LogP contribution in [0.4, 0.5) is 19.0 Å². The van der Waals surface area contributed by atoms with Gasteiger partial charge in [-0.15, -0.1) is 0 Å². The second-order valence-electron chi connectivity index (χ2n) is 7.18. The third-order valence-electron chi connectivity index (χ3n) is 4.88. The zero-order chi connectivity index (χ0) is 22.7. The van der Waals surface area contributed by atoms with Gasteiger partial charge in [0.05, 0.1) is 49.2 Å². The average Bonchev–Trinajstić information content (AvgIpc) is 3.32. The Hall–Kier alpha value is -3.54. The molecule has 1 aromatic carbocycles. The van der Waals surface area contributed by atoms with E-state index in [2.05, 4.69) is 25.5 Å². The summed E-state index contributed by atoms with van der Waals surface area (Å²) in [5.74, 6) is -0.109. The van der Waals surface area contributed by atoms with Crippen LogP contribution in [0.15, 0.2) is 43.0 Å². The number of amides is 1. The molecule has 1 unspecified atom stereocenters. The summed E-state index contributed by atoms with van der Waals surface area (Å²) in [6.45, 7) is 2.93. The molecule has 1 aliphatic rings. The van der Waals surface area contributed by atoms with Crippen molar-refractivity contribution in [3.8, 4) is 5.69 Å². The summed E-state index contributed by atoms with van der Waals surface area (Å²) < 4.78 is 43.8. The molecule has 2 aromatic heterocycles. The maximum Gasteiger partial charge on any atom is 0.434 e. The highest BCUT2D eigenvalue weighted by Crippen LogP contribution is 2.27. The van der Waals surface area contributed by atoms with E-state index in [1.807, 2.05) is 13.0 Å². The number of nitrogens with zero attached hydrogens (tertiary/aromatic N) is 6. The third-order valence-corrected chi connectivity index (χ3v) is 4.88. The van der Waals surface area contributed by atoms with Crippen molar-refractivity contribution >= 4 is 11.7 Å². The number of ether oxygens (including phenoxy) is 1. The lowest BCUT2D eigenvalue weighted by molar-refractivity contribution is -0.141. The Morgan fingerprint density at radius 2 is 2.00 bits per heavy atom. The fraction of sp³-hybridized carbons (Fsp3) is 0.350. The molecule has 12 heteroatoms. The van der Waals surface area contributed by atoms with E-state index in [0.717, 1.165) is 11.8 Å². The number of carbonyl (C=O) groups is 1. The van der Waals surface area contributed by atoms with Crippen molar-refractivity contribution in [1.82, 2.24) is 29.9 Å².